The van der Waals surface area contributed by atoms with Gasteiger partial charge in [0, 0.05) is 43.1 Å². The van der Waals surface area contributed by atoms with E-state index in [0.29, 0.717) is 23.6 Å². The first-order valence-electron chi connectivity index (χ1n) is 10.8. The largest absolute Gasteiger partial charge is 0.459 e. The lowest BCUT2D eigenvalue weighted by Crippen LogP contribution is -2.35. The molecule has 1 aliphatic heterocycles. The number of nitrogens with one attached hydrogen (secondary N) is 1. The molecular weight excluding hydrogens is 406 g/mol. The third kappa shape index (κ3) is 5.25. The number of anilines is 2. The van der Waals surface area contributed by atoms with Crippen molar-refractivity contribution in [3.63, 3.8) is 0 Å². The van der Waals surface area contributed by atoms with Crippen LogP contribution in [-0.4, -0.2) is 49.6 Å². The highest BCUT2D eigenvalue weighted by atomic mass is 16.5. The molecule has 0 spiro atoms. The number of carbonyl (C=O) groups excluding carboxylic acids is 2. The van der Waals surface area contributed by atoms with Crippen molar-refractivity contribution >= 4 is 23.2 Å². The summed E-state index contributed by atoms with van der Waals surface area (Å²) in [5.41, 5.74) is 3.12. The van der Waals surface area contributed by atoms with Gasteiger partial charge < -0.3 is 19.4 Å². The van der Waals surface area contributed by atoms with Crippen LogP contribution in [0.15, 0.2) is 71.3 Å². The van der Waals surface area contributed by atoms with Gasteiger partial charge in [-0.05, 0) is 61.0 Å². The van der Waals surface area contributed by atoms with Gasteiger partial charge in [-0.1, -0.05) is 12.1 Å². The predicted molar refractivity (Wildman–Crippen MR) is 123 cm³/mol. The van der Waals surface area contributed by atoms with E-state index in [1.807, 2.05) is 43.3 Å². The van der Waals surface area contributed by atoms with Crippen LogP contribution in [0.2, 0.25) is 0 Å². The van der Waals surface area contributed by atoms with Crippen molar-refractivity contribution in [2.24, 2.45) is 0 Å². The maximum Gasteiger partial charge on any atom is 0.293 e. The first kappa shape index (κ1) is 21.8. The van der Waals surface area contributed by atoms with Gasteiger partial charge in [0.2, 0.25) is 0 Å². The van der Waals surface area contributed by atoms with E-state index < -0.39 is 0 Å². The van der Waals surface area contributed by atoms with Gasteiger partial charge in [-0.25, -0.2) is 0 Å². The van der Waals surface area contributed by atoms with E-state index in [1.165, 1.54) is 6.26 Å². The molecule has 0 aliphatic carbocycles. The second kappa shape index (κ2) is 10.3. The van der Waals surface area contributed by atoms with E-state index in [0.717, 1.165) is 44.1 Å². The molecule has 2 amide bonds. The number of rotatable bonds is 7. The molecule has 7 nitrogen and oxygen atoms in total. The second-order valence-corrected chi connectivity index (χ2v) is 7.62. The average molecular weight is 434 g/mol. The summed E-state index contributed by atoms with van der Waals surface area (Å²) in [7, 11) is 0. The van der Waals surface area contributed by atoms with Gasteiger partial charge >= 0.3 is 0 Å². The zero-order valence-corrected chi connectivity index (χ0v) is 18.1. The lowest BCUT2D eigenvalue weighted by Gasteiger charge is -2.26. The van der Waals surface area contributed by atoms with Crippen molar-refractivity contribution in [3.8, 4) is 0 Å². The fraction of sp³-hybridized carbons (Fsp3) is 0.280. The van der Waals surface area contributed by atoms with E-state index in [1.54, 1.807) is 29.2 Å². The Labute approximate surface area is 187 Å². The summed E-state index contributed by atoms with van der Waals surface area (Å²) >= 11 is 0. The van der Waals surface area contributed by atoms with E-state index in [4.69, 9.17) is 9.15 Å². The number of carbonyl (C=O) groups is 2. The molecule has 4 rings (SSSR count). The molecule has 0 radical (unpaired) electrons. The summed E-state index contributed by atoms with van der Waals surface area (Å²) in [5, 5.41) is 2.94. The Hall–Kier alpha value is -3.42. The molecule has 0 bridgehead atoms. The summed E-state index contributed by atoms with van der Waals surface area (Å²) in [5.74, 6) is -0.0758. The quantitative estimate of drug-likeness (QED) is 0.609. The van der Waals surface area contributed by atoms with Crippen molar-refractivity contribution in [1.82, 2.24) is 4.90 Å². The lowest BCUT2D eigenvalue weighted by molar-refractivity contribution is 0.0342. The Kier molecular flexibility index (Phi) is 6.99. The minimum Gasteiger partial charge on any atom is -0.459 e. The molecule has 1 fully saturated rings. The van der Waals surface area contributed by atoms with Gasteiger partial charge in [-0.3, -0.25) is 14.5 Å². The van der Waals surface area contributed by atoms with Crippen molar-refractivity contribution in [2.75, 3.05) is 43.1 Å². The molecule has 0 unspecified atom stereocenters. The maximum absolute atomic E-state index is 12.8. The maximum atomic E-state index is 12.8. The van der Waals surface area contributed by atoms with Crippen LogP contribution < -0.4 is 10.2 Å². The Morgan fingerprint density at radius 2 is 1.81 bits per heavy atom. The Bertz CT molecular complexity index is 1040. The first-order valence-corrected chi connectivity index (χ1v) is 10.8. The number of benzene rings is 2. The van der Waals surface area contributed by atoms with E-state index >= 15 is 0 Å². The molecule has 1 aromatic heterocycles. The monoisotopic (exact) mass is 433 g/mol. The van der Waals surface area contributed by atoms with Crippen LogP contribution in [-0.2, 0) is 11.3 Å². The number of hydrogen-bond acceptors (Lipinski definition) is 5. The summed E-state index contributed by atoms with van der Waals surface area (Å²) < 4.78 is 10.6. The van der Waals surface area contributed by atoms with Crippen LogP contribution in [0.1, 0.15) is 33.4 Å². The molecule has 166 valence electrons. The molecule has 3 aromatic rings. The number of nitrogens with zero attached hydrogens (tertiary/aromatic N) is 2. The molecule has 0 atom stereocenters. The van der Waals surface area contributed by atoms with Gasteiger partial charge in [0.05, 0.1) is 19.5 Å². The topological polar surface area (TPSA) is 75.0 Å². The molecular formula is C25H27N3O4. The van der Waals surface area contributed by atoms with Crippen molar-refractivity contribution in [3.05, 3.63) is 83.8 Å². The Morgan fingerprint density at radius 3 is 2.50 bits per heavy atom. The van der Waals surface area contributed by atoms with Gasteiger partial charge in [0.15, 0.2) is 5.76 Å². The number of ether oxygens (including phenoxy) is 1. The predicted octanol–water partition coefficient (Wildman–Crippen LogP) is 4.03. The highest BCUT2D eigenvalue weighted by Gasteiger charge is 2.18. The molecule has 2 heterocycles. The van der Waals surface area contributed by atoms with Crippen LogP contribution >= 0.6 is 0 Å². The van der Waals surface area contributed by atoms with Gasteiger partial charge in [-0.2, -0.15) is 0 Å². The van der Waals surface area contributed by atoms with Crippen LogP contribution in [0.5, 0.6) is 0 Å². The summed E-state index contributed by atoms with van der Waals surface area (Å²) in [6, 6.07) is 18.2. The van der Waals surface area contributed by atoms with E-state index in [9.17, 15) is 9.59 Å². The molecule has 1 N–H and O–H groups in total. The molecule has 7 heteroatoms. The standard InChI is InChI=1S/C25H27N3O4/c1-2-28(25(30)23-7-4-14-32-23)22-10-8-21(9-11-22)26-24(29)20-6-3-5-19(17-20)18-27-12-15-31-16-13-27/h3-11,14,17H,2,12-13,15-16,18H2,1H3,(H,26,29). The Morgan fingerprint density at radius 1 is 1.03 bits per heavy atom. The summed E-state index contributed by atoms with van der Waals surface area (Å²) in [6.07, 6.45) is 1.48. The fourth-order valence-electron chi connectivity index (χ4n) is 3.73. The summed E-state index contributed by atoms with van der Waals surface area (Å²) in [4.78, 5) is 29.3. The van der Waals surface area contributed by atoms with E-state index in [-0.39, 0.29) is 11.8 Å². The highest BCUT2D eigenvalue weighted by molar-refractivity contribution is 6.05. The van der Waals surface area contributed by atoms with Crippen molar-refractivity contribution < 1.29 is 18.7 Å². The van der Waals surface area contributed by atoms with Gasteiger partial charge in [0.1, 0.15) is 0 Å². The zero-order valence-electron chi connectivity index (χ0n) is 18.1. The smallest absolute Gasteiger partial charge is 0.293 e. The zero-order chi connectivity index (χ0) is 22.3. The van der Waals surface area contributed by atoms with Gasteiger partial charge in [-0.15, -0.1) is 0 Å². The molecule has 0 saturated carbocycles. The van der Waals surface area contributed by atoms with E-state index in [2.05, 4.69) is 10.2 Å². The highest BCUT2D eigenvalue weighted by Crippen LogP contribution is 2.21. The minimum absolute atomic E-state index is 0.166. The van der Waals surface area contributed by atoms with Crippen LogP contribution in [0.25, 0.3) is 0 Å². The lowest BCUT2D eigenvalue weighted by atomic mass is 10.1. The third-order valence-electron chi connectivity index (χ3n) is 5.43. The van der Waals surface area contributed by atoms with Crippen LogP contribution in [0, 0.1) is 0 Å². The number of morpholine rings is 1. The molecule has 1 aliphatic rings. The first-order chi connectivity index (χ1) is 15.6. The van der Waals surface area contributed by atoms with Crippen LogP contribution in [0.3, 0.4) is 0 Å². The molecule has 2 aromatic carbocycles. The Balaban J connectivity index is 1.40. The fourth-order valence-corrected chi connectivity index (χ4v) is 3.73. The number of hydrogen-bond donors (Lipinski definition) is 1. The van der Waals surface area contributed by atoms with Crippen molar-refractivity contribution in [1.29, 1.82) is 0 Å². The van der Waals surface area contributed by atoms with Gasteiger partial charge in [0.25, 0.3) is 11.8 Å². The second-order valence-electron chi connectivity index (χ2n) is 7.62. The third-order valence-corrected chi connectivity index (χ3v) is 5.43. The minimum atomic E-state index is -0.202. The average Bonchev–Trinajstić information content (AvgIpc) is 3.36. The number of amides is 2. The van der Waals surface area contributed by atoms with Crippen molar-refractivity contribution in [2.45, 2.75) is 13.5 Å². The summed E-state index contributed by atoms with van der Waals surface area (Å²) in [6.45, 7) is 6.51. The number of furan rings is 1. The molecule has 32 heavy (non-hydrogen) atoms. The normalized spacial score (nSPS) is 14.2. The van der Waals surface area contributed by atoms with Crippen LogP contribution in [0.4, 0.5) is 11.4 Å². The molecule has 1 saturated heterocycles. The SMILES string of the molecule is CCN(C(=O)c1ccco1)c1ccc(NC(=O)c2cccc(CN3CCOCC3)c2)cc1.